The standard InChI is InChI=1S/C23H29N3O3S/c1-5-26(6-2)30(28,29)19-13-11-18(12-14-19)16(3)25-17(4)23(27)21-15-24-22-10-8-7-9-20(21)22/h7-17,24-25H,5-6H2,1-4H3/p+1/t16-,17+/m0/s1. The molecule has 0 bridgehead atoms. The summed E-state index contributed by atoms with van der Waals surface area (Å²) >= 11 is 0. The molecule has 0 unspecified atom stereocenters. The molecule has 0 aliphatic rings. The number of H-pyrrole nitrogens is 1. The number of carbonyl (C=O) groups is 1. The number of Topliss-reactive ketones (excluding diaryl/α,β-unsaturated/α-hetero) is 1. The number of hydrogen-bond donors (Lipinski definition) is 2. The van der Waals surface area contributed by atoms with Crippen molar-refractivity contribution in [2.45, 2.75) is 44.7 Å². The number of nitrogens with two attached hydrogens (primary N) is 1. The molecule has 0 fully saturated rings. The molecule has 0 saturated carbocycles. The van der Waals surface area contributed by atoms with Crippen LogP contribution >= 0.6 is 0 Å². The highest BCUT2D eigenvalue weighted by molar-refractivity contribution is 7.89. The summed E-state index contributed by atoms with van der Waals surface area (Å²) in [7, 11) is -3.47. The van der Waals surface area contributed by atoms with E-state index in [1.54, 1.807) is 18.3 Å². The number of aromatic nitrogens is 1. The van der Waals surface area contributed by atoms with Gasteiger partial charge in [0.15, 0.2) is 0 Å². The van der Waals surface area contributed by atoms with Crippen LogP contribution in [0.3, 0.4) is 0 Å². The fourth-order valence-electron chi connectivity index (χ4n) is 3.81. The molecule has 0 amide bonds. The number of hydrogen-bond acceptors (Lipinski definition) is 3. The SMILES string of the molecule is CCN(CC)S(=O)(=O)c1ccc([C@H](C)[NH2+][C@H](C)C(=O)c2c[nH]c3ccccc23)cc1. The molecule has 0 saturated heterocycles. The molecule has 2 atom stereocenters. The van der Waals surface area contributed by atoms with E-state index in [-0.39, 0.29) is 17.9 Å². The summed E-state index contributed by atoms with van der Waals surface area (Å²) in [6.07, 6.45) is 1.77. The summed E-state index contributed by atoms with van der Waals surface area (Å²) in [5, 5.41) is 2.94. The Bertz CT molecular complexity index is 1120. The van der Waals surface area contributed by atoms with Crippen molar-refractivity contribution in [2.75, 3.05) is 13.1 Å². The molecule has 0 spiro atoms. The molecular weight excluding hydrogens is 398 g/mol. The van der Waals surface area contributed by atoms with E-state index in [0.717, 1.165) is 16.5 Å². The van der Waals surface area contributed by atoms with Crippen LogP contribution in [0, 0.1) is 0 Å². The highest BCUT2D eigenvalue weighted by Crippen LogP contribution is 2.20. The van der Waals surface area contributed by atoms with Gasteiger partial charge in [-0.1, -0.05) is 44.2 Å². The number of carbonyl (C=O) groups excluding carboxylic acids is 1. The number of ketones is 1. The third kappa shape index (κ3) is 4.33. The van der Waals surface area contributed by atoms with Crippen LogP contribution in [-0.2, 0) is 10.0 Å². The predicted molar refractivity (Wildman–Crippen MR) is 119 cm³/mol. The Hall–Kier alpha value is -2.48. The van der Waals surface area contributed by atoms with Gasteiger partial charge in [-0.15, -0.1) is 0 Å². The average Bonchev–Trinajstić information content (AvgIpc) is 3.18. The van der Waals surface area contributed by atoms with Gasteiger partial charge in [0.1, 0.15) is 12.1 Å². The van der Waals surface area contributed by atoms with Crippen molar-refractivity contribution in [3.05, 3.63) is 65.9 Å². The summed E-state index contributed by atoms with van der Waals surface area (Å²) in [5.74, 6) is 0.0695. The second-order valence-corrected chi connectivity index (χ2v) is 9.48. The van der Waals surface area contributed by atoms with Crippen molar-refractivity contribution in [2.24, 2.45) is 0 Å². The van der Waals surface area contributed by atoms with Gasteiger partial charge < -0.3 is 10.3 Å². The van der Waals surface area contributed by atoms with Crippen molar-refractivity contribution in [1.82, 2.24) is 9.29 Å². The molecule has 1 heterocycles. The molecule has 6 nitrogen and oxygen atoms in total. The number of quaternary nitrogens is 1. The van der Waals surface area contributed by atoms with Crippen LogP contribution in [0.1, 0.15) is 49.7 Å². The minimum atomic E-state index is -3.47. The van der Waals surface area contributed by atoms with E-state index in [1.165, 1.54) is 4.31 Å². The lowest BCUT2D eigenvalue weighted by molar-refractivity contribution is -0.709. The molecule has 0 aliphatic carbocycles. The fraction of sp³-hybridized carbons (Fsp3) is 0.348. The minimum absolute atomic E-state index is 0.0133. The topological polar surface area (TPSA) is 86.8 Å². The van der Waals surface area contributed by atoms with E-state index in [9.17, 15) is 13.2 Å². The first-order chi connectivity index (χ1) is 14.3. The maximum Gasteiger partial charge on any atom is 0.243 e. The van der Waals surface area contributed by atoms with Gasteiger partial charge in [0.05, 0.1) is 4.90 Å². The number of para-hydroxylation sites is 1. The zero-order chi connectivity index (χ0) is 21.9. The summed E-state index contributed by atoms with van der Waals surface area (Å²) in [5.41, 5.74) is 2.63. The Morgan fingerprint density at radius 2 is 1.67 bits per heavy atom. The average molecular weight is 429 g/mol. The Kier molecular flexibility index (Phi) is 6.75. The van der Waals surface area contributed by atoms with Crippen LogP contribution in [0.25, 0.3) is 10.9 Å². The maximum absolute atomic E-state index is 13.0. The van der Waals surface area contributed by atoms with Crippen molar-refractivity contribution >= 4 is 26.7 Å². The molecule has 30 heavy (non-hydrogen) atoms. The second-order valence-electron chi connectivity index (χ2n) is 7.54. The molecule has 3 aromatic rings. The number of benzene rings is 2. The molecule has 2 aromatic carbocycles. The van der Waals surface area contributed by atoms with Gasteiger partial charge in [-0.3, -0.25) is 4.79 Å². The van der Waals surface area contributed by atoms with Crippen LogP contribution in [0.4, 0.5) is 0 Å². The molecule has 7 heteroatoms. The van der Waals surface area contributed by atoms with E-state index >= 15 is 0 Å². The van der Waals surface area contributed by atoms with Crippen LogP contribution in [0.15, 0.2) is 59.6 Å². The Labute approximate surface area is 178 Å². The summed E-state index contributed by atoms with van der Waals surface area (Å²) in [6, 6.07) is 14.5. The number of sulfonamides is 1. The number of nitrogens with one attached hydrogen (secondary N) is 1. The van der Waals surface area contributed by atoms with E-state index in [1.807, 2.05) is 69.4 Å². The molecular formula is C23H30N3O3S+. The van der Waals surface area contributed by atoms with Crippen molar-refractivity contribution < 1.29 is 18.5 Å². The van der Waals surface area contributed by atoms with Crippen molar-refractivity contribution in [3.63, 3.8) is 0 Å². The molecule has 1 aromatic heterocycles. The first kappa shape index (κ1) is 22.2. The van der Waals surface area contributed by atoms with Gasteiger partial charge in [0, 0.05) is 41.3 Å². The molecule has 160 valence electrons. The zero-order valence-corrected chi connectivity index (χ0v) is 18.7. The highest BCUT2D eigenvalue weighted by atomic mass is 32.2. The van der Waals surface area contributed by atoms with Crippen molar-refractivity contribution in [1.29, 1.82) is 0 Å². The van der Waals surface area contributed by atoms with E-state index < -0.39 is 10.0 Å². The van der Waals surface area contributed by atoms with Gasteiger partial charge >= 0.3 is 0 Å². The number of fused-ring (bicyclic) bond motifs is 1. The van der Waals surface area contributed by atoms with E-state index in [0.29, 0.717) is 23.5 Å². The van der Waals surface area contributed by atoms with Crippen LogP contribution in [0.5, 0.6) is 0 Å². The first-order valence-corrected chi connectivity index (χ1v) is 11.8. The molecule has 3 rings (SSSR count). The smallest absolute Gasteiger partial charge is 0.243 e. The third-order valence-electron chi connectivity index (χ3n) is 5.59. The third-order valence-corrected chi connectivity index (χ3v) is 7.66. The predicted octanol–water partition coefficient (Wildman–Crippen LogP) is 3.09. The summed E-state index contributed by atoms with van der Waals surface area (Å²) < 4.78 is 26.7. The lowest BCUT2D eigenvalue weighted by Crippen LogP contribution is -2.91. The van der Waals surface area contributed by atoms with Crippen LogP contribution in [-0.4, -0.2) is 42.6 Å². The lowest BCUT2D eigenvalue weighted by atomic mass is 10.0. The quantitative estimate of drug-likeness (QED) is 0.514. The van der Waals surface area contributed by atoms with E-state index in [2.05, 4.69) is 4.98 Å². The Balaban J connectivity index is 1.72. The van der Waals surface area contributed by atoms with Crippen LogP contribution < -0.4 is 5.32 Å². The largest absolute Gasteiger partial charge is 0.360 e. The second kappa shape index (κ2) is 9.12. The van der Waals surface area contributed by atoms with E-state index in [4.69, 9.17) is 0 Å². The van der Waals surface area contributed by atoms with Crippen molar-refractivity contribution in [3.8, 4) is 0 Å². The van der Waals surface area contributed by atoms with Gasteiger partial charge in [0.25, 0.3) is 0 Å². The number of aromatic amines is 1. The summed E-state index contributed by atoms with van der Waals surface area (Å²) in [4.78, 5) is 16.4. The zero-order valence-electron chi connectivity index (χ0n) is 17.9. The number of nitrogens with zero attached hydrogens (tertiary/aromatic N) is 1. The maximum atomic E-state index is 13.0. The molecule has 0 radical (unpaired) electrons. The molecule has 3 N–H and O–H groups in total. The highest BCUT2D eigenvalue weighted by Gasteiger charge is 2.25. The minimum Gasteiger partial charge on any atom is -0.360 e. The van der Waals surface area contributed by atoms with Crippen LogP contribution in [0.2, 0.25) is 0 Å². The Morgan fingerprint density at radius 1 is 1.03 bits per heavy atom. The van der Waals surface area contributed by atoms with Gasteiger partial charge in [-0.25, -0.2) is 8.42 Å². The normalized spacial score (nSPS) is 14.2. The monoisotopic (exact) mass is 428 g/mol. The Morgan fingerprint density at radius 3 is 2.30 bits per heavy atom. The summed E-state index contributed by atoms with van der Waals surface area (Å²) in [6.45, 7) is 8.47. The van der Waals surface area contributed by atoms with Gasteiger partial charge in [-0.05, 0) is 32.0 Å². The lowest BCUT2D eigenvalue weighted by Gasteiger charge is -2.19. The van der Waals surface area contributed by atoms with Gasteiger partial charge in [0.2, 0.25) is 15.8 Å². The number of rotatable bonds is 9. The first-order valence-electron chi connectivity index (χ1n) is 10.3. The molecule has 0 aliphatic heterocycles. The van der Waals surface area contributed by atoms with Gasteiger partial charge in [-0.2, -0.15) is 4.31 Å². The fourth-order valence-corrected chi connectivity index (χ4v) is 5.27.